The quantitative estimate of drug-likeness (QED) is 0.735. The lowest BCUT2D eigenvalue weighted by atomic mass is 10.1. The summed E-state index contributed by atoms with van der Waals surface area (Å²) < 4.78 is 31.2. The Morgan fingerprint density at radius 3 is 2.33 bits per heavy atom. The molecule has 7 heteroatoms. The number of methoxy groups -OCH3 is 1. The maximum atomic E-state index is 12.1. The zero-order valence-corrected chi connectivity index (χ0v) is 13.3. The van der Waals surface area contributed by atoms with Crippen molar-refractivity contribution in [3.05, 3.63) is 29.8 Å². The monoisotopic (exact) mass is 314 g/mol. The third-order valence-electron chi connectivity index (χ3n) is 2.90. The molecule has 0 fully saturated rings. The van der Waals surface area contributed by atoms with E-state index >= 15 is 0 Å². The summed E-state index contributed by atoms with van der Waals surface area (Å²) in [5.74, 6) is -0.102. The van der Waals surface area contributed by atoms with Gasteiger partial charge in [-0.2, -0.15) is 0 Å². The molecule has 0 saturated carbocycles. The second-order valence-corrected chi connectivity index (χ2v) is 7.02. The van der Waals surface area contributed by atoms with Crippen LogP contribution in [-0.2, 0) is 14.8 Å². The second kappa shape index (κ2) is 7.53. The van der Waals surface area contributed by atoms with Crippen molar-refractivity contribution >= 4 is 16.0 Å². The minimum absolute atomic E-state index is 0.0897. The van der Waals surface area contributed by atoms with E-state index in [4.69, 9.17) is 5.73 Å². The molecule has 1 rings (SSSR count). The summed E-state index contributed by atoms with van der Waals surface area (Å²) >= 11 is 0. The van der Waals surface area contributed by atoms with Gasteiger partial charge < -0.3 is 10.5 Å². The van der Waals surface area contributed by atoms with Gasteiger partial charge >= 0.3 is 5.97 Å². The smallest absolute Gasteiger partial charge is 0.337 e. The van der Waals surface area contributed by atoms with Gasteiger partial charge in [-0.3, -0.25) is 0 Å². The molecule has 0 aliphatic rings. The fourth-order valence-corrected chi connectivity index (χ4v) is 2.97. The van der Waals surface area contributed by atoms with Crippen molar-refractivity contribution in [3.8, 4) is 0 Å². The van der Waals surface area contributed by atoms with Gasteiger partial charge in [0.1, 0.15) is 0 Å². The van der Waals surface area contributed by atoms with Gasteiger partial charge in [-0.25, -0.2) is 17.9 Å². The lowest BCUT2D eigenvalue weighted by molar-refractivity contribution is 0.0600. The number of esters is 1. The largest absolute Gasteiger partial charge is 0.465 e. The molecule has 0 aromatic heterocycles. The summed E-state index contributed by atoms with van der Waals surface area (Å²) in [7, 11) is -2.35. The molecular formula is C14H22N2O4S. The predicted molar refractivity (Wildman–Crippen MR) is 80.4 cm³/mol. The van der Waals surface area contributed by atoms with Crippen LogP contribution >= 0.6 is 0 Å². The predicted octanol–water partition coefficient (Wildman–Crippen LogP) is 1.12. The van der Waals surface area contributed by atoms with Gasteiger partial charge in [0, 0.05) is 12.6 Å². The van der Waals surface area contributed by atoms with Gasteiger partial charge in [-0.15, -0.1) is 0 Å². The molecule has 118 valence electrons. The van der Waals surface area contributed by atoms with E-state index in [1.165, 1.54) is 31.4 Å². The Bertz CT molecular complexity index is 567. The lowest BCUT2D eigenvalue weighted by Crippen LogP contribution is -2.38. The Hall–Kier alpha value is -1.44. The number of nitrogens with one attached hydrogen (secondary N) is 1. The van der Waals surface area contributed by atoms with E-state index in [1.807, 2.05) is 13.8 Å². The number of hydrogen-bond donors (Lipinski definition) is 2. The molecule has 0 saturated heterocycles. The highest BCUT2D eigenvalue weighted by atomic mass is 32.2. The molecule has 6 nitrogen and oxygen atoms in total. The van der Waals surface area contributed by atoms with Gasteiger partial charge in [0.05, 0.1) is 17.6 Å². The van der Waals surface area contributed by atoms with Gasteiger partial charge in [0.25, 0.3) is 0 Å². The molecule has 21 heavy (non-hydrogen) atoms. The van der Waals surface area contributed by atoms with Crippen LogP contribution in [0, 0.1) is 5.92 Å². The number of rotatable bonds is 7. The number of hydrogen-bond acceptors (Lipinski definition) is 5. The van der Waals surface area contributed by atoms with Gasteiger partial charge in [-0.05, 0) is 36.6 Å². The first-order valence-corrected chi connectivity index (χ1v) is 8.18. The van der Waals surface area contributed by atoms with Crippen LogP contribution in [0.5, 0.6) is 0 Å². The number of benzene rings is 1. The van der Waals surface area contributed by atoms with Crippen molar-refractivity contribution in [3.63, 3.8) is 0 Å². The normalized spacial score (nSPS) is 13.2. The number of carbonyl (C=O) groups is 1. The number of nitrogens with two attached hydrogens (primary N) is 1. The van der Waals surface area contributed by atoms with Crippen LogP contribution < -0.4 is 10.5 Å². The van der Waals surface area contributed by atoms with Crippen LogP contribution in [0.25, 0.3) is 0 Å². The molecular weight excluding hydrogens is 292 g/mol. The Morgan fingerprint density at radius 2 is 1.86 bits per heavy atom. The fourth-order valence-electron chi connectivity index (χ4n) is 1.88. The van der Waals surface area contributed by atoms with Crippen molar-refractivity contribution in [1.29, 1.82) is 0 Å². The van der Waals surface area contributed by atoms with Crippen molar-refractivity contribution in [2.45, 2.75) is 31.2 Å². The Morgan fingerprint density at radius 1 is 1.29 bits per heavy atom. The third kappa shape index (κ3) is 5.45. The Balaban J connectivity index is 2.72. The summed E-state index contributed by atoms with van der Waals surface area (Å²) in [6, 6.07) is 5.32. The van der Waals surface area contributed by atoms with Crippen LogP contribution in [0.2, 0.25) is 0 Å². The van der Waals surface area contributed by atoms with E-state index < -0.39 is 16.0 Å². The molecule has 0 amide bonds. The maximum Gasteiger partial charge on any atom is 0.337 e. The highest BCUT2D eigenvalue weighted by Gasteiger charge is 2.16. The summed E-state index contributed by atoms with van der Waals surface area (Å²) in [5, 5.41) is 0. The third-order valence-corrected chi connectivity index (χ3v) is 4.33. The average Bonchev–Trinajstić information content (AvgIpc) is 2.44. The van der Waals surface area contributed by atoms with Crippen LogP contribution in [0.4, 0.5) is 0 Å². The zero-order valence-electron chi connectivity index (χ0n) is 12.5. The average molecular weight is 314 g/mol. The van der Waals surface area contributed by atoms with Crippen LogP contribution in [0.1, 0.15) is 30.6 Å². The van der Waals surface area contributed by atoms with E-state index in [9.17, 15) is 13.2 Å². The van der Waals surface area contributed by atoms with Crippen molar-refractivity contribution in [2.75, 3.05) is 13.7 Å². The van der Waals surface area contributed by atoms with Gasteiger partial charge in [0.15, 0.2) is 0 Å². The number of sulfonamides is 1. The molecule has 1 unspecified atom stereocenters. The molecule has 0 bridgehead atoms. The molecule has 0 radical (unpaired) electrons. The van der Waals surface area contributed by atoms with E-state index in [-0.39, 0.29) is 17.5 Å². The summed E-state index contributed by atoms with van der Waals surface area (Å²) in [5.41, 5.74) is 6.15. The number of ether oxygens (including phenoxy) is 1. The van der Waals surface area contributed by atoms with Crippen molar-refractivity contribution in [1.82, 2.24) is 4.72 Å². The van der Waals surface area contributed by atoms with Crippen molar-refractivity contribution < 1.29 is 17.9 Å². The standard InChI is InChI=1S/C14H22N2O4S/c1-10(2)8-12(15)9-16-21(18,19)13-6-4-11(5-7-13)14(17)20-3/h4-7,10,12,16H,8-9,15H2,1-3H3. The van der Waals surface area contributed by atoms with E-state index in [2.05, 4.69) is 9.46 Å². The molecule has 0 aliphatic carbocycles. The molecule has 0 spiro atoms. The molecule has 0 heterocycles. The molecule has 1 aromatic rings. The van der Waals surface area contributed by atoms with Crippen LogP contribution in [-0.4, -0.2) is 34.1 Å². The summed E-state index contributed by atoms with van der Waals surface area (Å²) in [6.45, 7) is 4.24. The first-order valence-electron chi connectivity index (χ1n) is 6.70. The van der Waals surface area contributed by atoms with Crippen molar-refractivity contribution in [2.24, 2.45) is 11.7 Å². The Kier molecular flexibility index (Phi) is 6.32. The van der Waals surface area contributed by atoms with E-state index in [0.717, 1.165) is 6.42 Å². The first-order chi connectivity index (χ1) is 9.76. The Labute approximate surface area is 125 Å². The zero-order chi connectivity index (χ0) is 16.0. The first kappa shape index (κ1) is 17.6. The lowest BCUT2D eigenvalue weighted by Gasteiger charge is -2.15. The van der Waals surface area contributed by atoms with Crippen LogP contribution in [0.15, 0.2) is 29.2 Å². The van der Waals surface area contributed by atoms with Gasteiger partial charge in [-0.1, -0.05) is 13.8 Å². The SMILES string of the molecule is COC(=O)c1ccc(S(=O)(=O)NCC(N)CC(C)C)cc1. The van der Waals surface area contributed by atoms with Crippen LogP contribution in [0.3, 0.4) is 0 Å². The topological polar surface area (TPSA) is 98.5 Å². The molecule has 1 atom stereocenters. The molecule has 3 N–H and O–H groups in total. The summed E-state index contributed by atoms with van der Waals surface area (Å²) in [6.07, 6.45) is 0.740. The minimum Gasteiger partial charge on any atom is -0.465 e. The van der Waals surface area contributed by atoms with Gasteiger partial charge in [0.2, 0.25) is 10.0 Å². The second-order valence-electron chi connectivity index (χ2n) is 5.26. The number of carbonyl (C=O) groups excluding carboxylic acids is 1. The fraction of sp³-hybridized carbons (Fsp3) is 0.500. The molecule has 1 aromatic carbocycles. The highest BCUT2D eigenvalue weighted by molar-refractivity contribution is 7.89. The van der Waals surface area contributed by atoms with E-state index in [0.29, 0.717) is 11.5 Å². The highest BCUT2D eigenvalue weighted by Crippen LogP contribution is 2.11. The van der Waals surface area contributed by atoms with E-state index in [1.54, 1.807) is 0 Å². The summed E-state index contributed by atoms with van der Waals surface area (Å²) in [4.78, 5) is 11.4. The molecule has 0 aliphatic heterocycles. The maximum absolute atomic E-state index is 12.1. The minimum atomic E-state index is -3.62.